The molecule has 0 radical (unpaired) electrons. The minimum atomic E-state index is -0.250. The van der Waals surface area contributed by atoms with E-state index in [9.17, 15) is 5.11 Å². The molecular weight excluding hydrogens is 180 g/mol. The van der Waals surface area contributed by atoms with E-state index in [1.54, 1.807) is 6.07 Å². The number of aliphatic hydroxyl groups is 1. The summed E-state index contributed by atoms with van der Waals surface area (Å²) >= 11 is 0. The van der Waals surface area contributed by atoms with Gasteiger partial charge in [0.1, 0.15) is 18.0 Å². The van der Waals surface area contributed by atoms with Crippen molar-refractivity contribution in [1.29, 1.82) is 0 Å². The Morgan fingerprint density at radius 1 is 1.50 bits per heavy atom. The van der Waals surface area contributed by atoms with Crippen LogP contribution >= 0.6 is 0 Å². The number of aromatic nitrogens is 2. The standard InChI is InChI=1S/C9H14N4O/c10-8-4-9(12-6-11-8)13-3-1-2-7(14)5-13/h4,6-7,14H,1-3,5H2,(H2,10,11,12)/t7-/m0/s1. The van der Waals surface area contributed by atoms with Crippen LogP contribution in [0, 0.1) is 0 Å². The molecule has 5 heteroatoms. The van der Waals surface area contributed by atoms with Gasteiger partial charge in [-0.25, -0.2) is 9.97 Å². The molecule has 76 valence electrons. The Bertz CT molecular complexity index is 317. The van der Waals surface area contributed by atoms with Gasteiger partial charge in [-0.15, -0.1) is 0 Å². The van der Waals surface area contributed by atoms with Gasteiger partial charge in [0.15, 0.2) is 0 Å². The fourth-order valence-electron chi connectivity index (χ4n) is 1.70. The molecule has 0 spiro atoms. The summed E-state index contributed by atoms with van der Waals surface area (Å²) in [6.07, 6.45) is 3.06. The summed E-state index contributed by atoms with van der Waals surface area (Å²) in [6.45, 7) is 1.56. The molecule has 1 aromatic heterocycles. The number of hydrogen-bond donors (Lipinski definition) is 2. The summed E-state index contributed by atoms with van der Waals surface area (Å²) in [5.41, 5.74) is 5.56. The zero-order chi connectivity index (χ0) is 9.97. The molecule has 3 N–H and O–H groups in total. The monoisotopic (exact) mass is 194 g/mol. The number of aliphatic hydroxyl groups excluding tert-OH is 1. The second-order valence-electron chi connectivity index (χ2n) is 3.54. The Kier molecular flexibility index (Phi) is 2.49. The molecule has 1 fully saturated rings. The maximum atomic E-state index is 9.49. The van der Waals surface area contributed by atoms with Gasteiger partial charge in [-0.1, -0.05) is 0 Å². The lowest BCUT2D eigenvalue weighted by Crippen LogP contribution is -2.38. The Balaban J connectivity index is 2.14. The van der Waals surface area contributed by atoms with E-state index in [-0.39, 0.29) is 6.10 Å². The molecule has 1 saturated heterocycles. The summed E-state index contributed by atoms with van der Waals surface area (Å²) in [4.78, 5) is 9.99. The predicted molar refractivity (Wildman–Crippen MR) is 53.9 cm³/mol. The molecule has 0 bridgehead atoms. The van der Waals surface area contributed by atoms with E-state index in [0.29, 0.717) is 12.4 Å². The van der Waals surface area contributed by atoms with Crippen LogP contribution in [0.2, 0.25) is 0 Å². The fourth-order valence-corrected chi connectivity index (χ4v) is 1.70. The average molecular weight is 194 g/mol. The second kappa shape index (κ2) is 3.79. The molecule has 1 atom stereocenters. The van der Waals surface area contributed by atoms with Crippen molar-refractivity contribution >= 4 is 11.6 Å². The highest BCUT2D eigenvalue weighted by Crippen LogP contribution is 2.18. The molecular formula is C9H14N4O. The molecule has 0 saturated carbocycles. The fraction of sp³-hybridized carbons (Fsp3) is 0.556. The van der Waals surface area contributed by atoms with Crippen molar-refractivity contribution in [2.45, 2.75) is 18.9 Å². The maximum absolute atomic E-state index is 9.49. The zero-order valence-corrected chi connectivity index (χ0v) is 7.93. The van der Waals surface area contributed by atoms with Gasteiger partial charge >= 0.3 is 0 Å². The van der Waals surface area contributed by atoms with Crippen molar-refractivity contribution in [1.82, 2.24) is 9.97 Å². The Morgan fingerprint density at radius 3 is 3.07 bits per heavy atom. The van der Waals surface area contributed by atoms with Crippen LogP contribution in [0.1, 0.15) is 12.8 Å². The molecule has 0 unspecified atom stereocenters. The Labute approximate surface area is 82.6 Å². The van der Waals surface area contributed by atoms with E-state index in [4.69, 9.17) is 5.73 Å². The van der Waals surface area contributed by atoms with Crippen molar-refractivity contribution < 1.29 is 5.11 Å². The van der Waals surface area contributed by atoms with E-state index in [1.165, 1.54) is 6.33 Å². The lowest BCUT2D eigenvalue weighted by molar-refractivity contribution is 0.154. The first-order chi connectivity index (χ1) is 6.75. The number of rotatable bonds is 1. The van der Waals surface area contributed by atoms with Gasteiger partial charge in [0.25, 0.3) is 0 Å². The van der Waals surface area contributed by atoms with Crippen LogP contribution in [-0.2, 0) is 0 Å². The molecule has 0 amide bonds. The number of hydrogen-bond acceptors (Lipinski definition) is 5. The molecule has 2 rings (SSSR count). The number of piperidine rings is 1. The van der Waals surface area contributed by atoms with Crippen molar-refractivity contribution in [3.63, 3.8) is 0 Å². The highest BCUT2D eigenvalue weighted by molar-refractivity contribution is 5.46. The molecule has 1 aliphatic heterocycles. The zero-order valence-electron chi connectivity index (χ0n) is 7.93. The third-order valence-electron chi connectivity index (χ3n) is 2.39. The van der Waals surface area contributed by atoms with Gasteiger partial charge in [-0.05, 0) is 12.8 Å². The van der Waals surface area contributed by atoms with E-state index >= 15 is 0 Å². The topological polar surface area (TPSA) is 75.3 Å². The average Bonchev–Trinajstić information content (AvgIpc) is 2.18. The number of β-amino-alcohol motifs (C(OH)–C–C–N with tert-alkyl or cyclic N) is 1. The van der Waals surface area contributed by atoms with Crippen LogP contribution in [-0.4, -0.2) is 34.3 Å². The van der Waals surface area contributed by atoms with Gasteiger partial charge in [-0.3, -0.25) is 0 Å². The Morgan fingerprint density at radius 2 is 2.36 bits per heavy atom. The van der Waals surface area contributed by atoms with E-state index in [2.05, 4.69) is 9.97 Å². The van der Waals surface area contributed by atoms with Gasteiger partial charge in [0.05, 0.1) is 6.10 Å². The van der Waals surface area contributed by atoms with Crippen LogP contribution in [0.25, 0.3) is 0 Å². The molecule has 5 nitrogen and oxygen atoms in total. The van der Waals surface area contributed by atoms with E-state index < -0.39 is 0 Å². The molecule has 1 aliphatic rings. The third-order valence-corrected chi connectivity index (χ3v) is 2.39. The second-order valence-corrected chi connectivity index (χ2v) is 3.54. The smallest absolute Gasteiger partial charge is 0.134 e. The number of nitrogens with zero attached hydrogens (tertiary/aromatic N) is 3. The lowest BCUT2D eigenvalue weighted by atomic mass is 10.1. The predicted octanol–water partition coefficient (Wildman–Crippen LogP) is 0.0199. The minimum Gasteiger partial charge on any atom is -0.391 e. The van der Waals surface area contributed by atoms with Crippen molar-refractivity contribution in [2.24, 2.45) is 0 Å². The van der Waals surface area contributed by atoms with E-state index in [0.717, 1.165) is 25.2 Å². The van der Waals surface area contributed by atoms with Gasteiger partial charge in [0, 0.05) is 19.2 Å². The first-order valence-electron chi connectivity index (χ1n) is 4.76. The van der Waals surface area contributed by atoms with Crippen molar-refractivity contribution in [3.8, 4) is 0 Å². The quantitative estimate of drug-likeness (QED) is 0.659. The number of nitrogens with two attached hydrogens (primary N) is 1. The number of anilines is 2. The normalized spacial score (nSPS) is 22.4. The summed E-state index contributed by atoms with van der Waals surface area (Å²) < 4.78 is 0. The highest BCUT2D eigenvalue weighted by atomic mass is 16.3. The highest BCUT2D eigenvalue weighted by Gasteiger charge is 2.18. The summed E-state index contributed by atoms with van der Waals surface area (Å²) in [7, 11) is 0. The molecule has 14 heavy (non-hydrogen) atoms. The largest absolute Gasteiger partial charge is 0.391 e. The maximum Gasteiger partial charge on any atom is 0.134 e. The van der Waals surface area contributed by atoms with Crippen LogP contribution in [0.3, 0.4) is 0 Å². The summed E-state index contributed by atoms with van der Waals surface area (Å²) in [6, 6.07) is 1.73. The Hall–Kier alpha value is -1.36. The SMILES string of the molecule is Nc1cc(N2CCC[C@H](O)C2)ncn1. The molecule has 2 heterocycles. The summed E-state index contributed by atoms with van der Waals surface area (Å²) in [5.74, 6) is 1.27. The third kappa shape index (κ3) is 1.93. The first kappa shape index (κ1) is 9.21. The minimum absolute atomic E-state index is 0.250. The van der Waals surface area contributed by atoms with Crippen molar-refractivity contribution in [3.05, 3.63) is 12.4 Å². The number of nitrogen functional groups attached to an aromatic ring is 1. The van der Waals surface area contributed by atoms with Gasteiger partial charge in [0.2, 0.25) is 0 Å². The molecule has 0 aliphatic carbocycles. The van der Waals surface area contributed by atoms with Crippen LogP contribution < -0.4 is 10.6 Å². The van der Waals surface area contributed by atoms with Gasteiger partial charge in [-0.2, -0.15) is 0 Å². The first-order valence-corrected chi connectivity index (χ1v) is 4.76. The molecule has 0 aromatic carbocycles. The lowest BCUT2D eigenvalue weighted by Gasteiger charge is -2.30. The van der Waals surface area contributed by atoms with Crippen molar-refractivity contribution in [2.75, 3.05) is 23.7 Å². The summed E-state index contributed by atoms with van der Waals surface area (Å²) in [5, 5.41) is 9.49. The van der Waals surface area contributed by atoms with Crippen LogP contribution in [0.5, 0.6) is 0 Å². The van der Waals surface area contributed by atoms with Crippen LogP contribution in [0.4, 0.5) is 11.6 Å². The van der Waals surface area contributed by atoms with Crippen LogP contribution in [0.15, 0.2) is 12.4 Å². The molecule has 1 aromatic rings. The van der Waals surface area contributed by atoms with E-state index in [1.807, 2.05) is 4.90 Å². The van der Waals surface area contributed by atoms with Gasteiger partial charge < -0.3 is 15.7 Å².